The van der Waals surface area contributed by atoms with Gasteiger partial charge in [-0.25, -0.2) is 4.98 Å². The molecule has 0 aliphatic carbocycles. The van der Waals surface area contributed by atoms with Crippen LogP contribution in [0.1, 0.15) is 23.5 Å². The minimum Gasteiger partial charge on any atom is -0.440 e. The first kappa shape index (κ1) is 14.1. The molecule has 2 aromatic rings. The molecular formula is C16H16N4O2. The summed E-state index contributed by atoms with van der Waals surface area (Å²) in [6.45, 7) is 1.18. The summed E-state index contributed by atoms with van der Waals surface area (Å²) in [7, 11) is 0. The number of amides is 1. The molecule has 1 atom stereocenters. The summed E-state index contributed by atoms with van der Waals surface area (Å²) >= 11 is 0. The van der Waals surface area contributed by atoms with E-state index in [2.05, 4.69) is 16.5 Å². The number of benzene rings is 1. The van der Waals surface area contributed by atoms with Crippen LogP contribution in [0.4, 0.5) is 0 Å². The second kappa shape index (κ2) is 6.31. The van der Waals surface area contributed by atoms with Crippen molar-refractivity contribution in [2.45, 2.75) is 18.9 Å². The standard InChI is InChI=1S/C16H16N4O2/c17-11-20-8-4-7-13(20)9-18-15(21)16-19-14(10-22-16)12-5-2-1-3-6-12/h1-3,5-6,10,13H,4,7-9H2,(H,18,21). The van der Waals surface area contributed by atoms with E-state index >= 15 is 0 Å². The Morgan fingerprint density at radius 1 is 1.45 bits per heavy atom. The number of nitrogens with one attached hydrogen (secondary N) is 1. The summed E-state index contributed by atoms with van der Waals surface area (Å²) in [5, 5.41) is 11.8. The van der Waals surface area contributed by atoms with Crippen LogP contribution in [0.3, 0.4) is 0 Å². The van der Waals surface area contributed by atoms with Crippen LogP contribution < -0.4 is 5.32 Å². The van der Waals surface area contributed by atoms with E-state index < -0.39 is 0 Å². The number of nitrogens with zero attached hydrogens (tertiary/aromatic N) is 3. The SMILES string of the molecule is N#CN1CCCC1CNC(=O)c1nc(-c2ccccc2)co1. The van der Waals surface area contributed by atoms with Crippen molar-refractivity contribution in [3.8, 4) is 17.5 Å². The van der Waals surface area contributed by atoms with Crippen molar-refractivity contribution in [2.24, 2.45) is 0 Å². The van der Waals surface area contributed by atoms with Gasteiger partial charge in [0.2, 0.25) is 0 Å². The Morgan fingerprint density at radius 3 is 3.05 bits per heavy atom. The average molecular weight is 296 g/mol. The molecule has 0 saturated carbocycles. The summed E-state index contributed by atoms with van der Waals surface area (Å²) in [6, 6.07) is 9.60. The average Bonchev–Trinajstić information content (AvgIpc) is 3.22. The molecule has 1 aromatic heterocycles. The first-order chi connectivity index (χ1) is 10.8. The van der Waals surface area contributed by atoms with Gasteiger partial charge in [-0.2, -0.15) is 5.26 Å². The Morgan fingerprint density at radius 2 is 2.27 bits per heavy atom. The minimum atomic E-state index is -0.355. The Kier molecular flexibility index (Phi) is 4.05. The van der Waals surface area contributed by atoms with Crippen molar-refractivity contribution in [3.63, 3.8) is 0 Å². The lowest BCUT2D eigenvalue weighted by Gasteiger charge is -2.17. The highest BCUT2D eigenvalue weighted by Gasteiger charge is 2.24. The van der Waals surface area contributed by atoms with Crippen molar-refractivity contribution in [1.29, 1.82) is 5.26 Å². The molecule has 22 heavy (non-hydrogen) atoms. The minimum absolute atomic E-state index is 0.0420. The van der Waals surface area contributed by atoms with Crippen molar-refractivity contribution in [2.75, 3.05) is 13.1 Å². The van der Waals surface area contributed by atoms with Crippen LogP contribution >= 0.6 is 0 Å². The largest absolute Gasteiger partial charge is 0.440 e. The van der Waals surface area contributed by atoms with E-state index in [1.165, 1.54) is 6.26 Å². The van der Waals surface area contributed by atoms with Crippen LogP contribution in [0.2, 0.25) is 0 Å². The van der Waals surface area contributed by atoms with E-state index in [-0.39, 0.29) is 17.8 Å². The van der Waals surface area contributed by atoms with Crippen LogP contribution in [0.25, 0.3) is 11.3 Å². The van der Waals surface area contributed by atoms with E-state index in [1.807, 2.05) is 30.3 Å². The third kappa shape index (κ3) is 2.93. The van der Waals surface area contributed by atoms with Gasteiger partial charge in [-0.3, -0.25) is 4.79 Å². The first-order valence-corrected chi connectivity index (χ1v) is 7.23. The van der Waals surface area contributed by atoms with Gasteiger partial charge in [-0.15, -0.1) is 0 Å². The quantitative estimate of drug-likeness (QED) is 0.873. The van der Waals surface area contributed by atoms with Gasteiger partial charge in [0.1, 0.15) is 12.0 Å². The lowest BCUT2D eigenvalue weighted by Crippen LogP contribution is -2.38. The molecule has 112 valence electrons. The molecule has 2 heterocycles. The van der Waals surface area contributed by atoms with Gasteiger partial charge in [0.25, 0.3) is 5.89 Å². The zero-order valence-electron chi connectivity index (χ0n) is 12.0. The van der Waals surface area contributed by atoms with Gasteiger partial charge in [0.05, 0.1) is 6.04 Å². The Balaban J connectivity index is 1.62. The lowest BCUT2D eigenvalue weighted by atomic mass is 10.2. The molecule has 6 nitrogen and oxygen atoms in total. The summed E-state index contributed by atoms with van der Waals surface area (Å²) in [5.74, 6) is -0.313. The number of carbonyl (C=O) groups is 1. The molecule has 3 rings (SSSR count). The van der Waals surface area contributed by atoms with Gasteiger partial charge in [0, 0.05) is 18.7 Å². The number of oxazole rings is 1. The molecule has 0 spiro atoms. The van der Waals surface area contributed by atoms with Crippen molar-refractivity contribution < 1.29 is 9.21 Å². The van der Waals surface area contributed by atoms with E-state index in [4.69, 9.17) is 9.68 Å². The molecule has 1 amide bonds. The summed E-state index contributed by atoms with van der Waals surface area (Å²) < 4.78 is 5.25. The number of likely N-dealkylation sites (tertiary alicyclic amines) is 1. The Labute approximate surface area is 128 Å². The Hall–Kier alpha value is -2.81. The molecule has 6 heteroatoms. The molecule has 1 unspecified atom stereocenters. The van der Waals surface area contributed by atoms with Crippen molar-refractivity contribution in [1.82, 2.24) is 15.2 Å². The molecule has 1 aliphatic rings. The van der Waals surface area contributed by atoms with Crippen molar-refractivity contribution >= 4 is 5.91 Å². The van der Waals surface area contributed by atoms with E-state index in [0.717, 1.165) is 24.9 Å². The zero-order chi connectivity index (χ0) is 15.4. The van der Waals surface area contributed by atoms with E-state index in [0.29, 0.717) is 12.2 Å². The van der Waals surface area contributed by atoms with E-state index in [1.54, 1.807) is 4.90 Å². The van der Waals surface area contributed by atoms with Crippen LogP contribution in [-0.4, -0.2) is 34.9 Å². The number of carbonyl (C=O) groups excluding carboxylic acids is 1. The topological polar surface area (TPSA) is 82.2 Å². The number of rotatable bonds is 4. The van der Waals surface area contributed by atoms with Crippen molar-refractivity contribution in [3.05, 3.63) is 42.5 Å². The predicted molar refractivity (Wildman–Crippen MR) is 79.6 cm³/mol. The van der Waals surface area contributed by atoms with Gasteiger partial charge in [-0.05, 0) is 12.8 Å². The molecular weight excluding hydrogens is 280 g/mol. The van der Waals surface area contributed by atoms with Crippen LogP contribution in [0.15, 0.2) is 41.0 Å². The predicted octanol–water partition coefficient (Wildman–Crippen LogP) is 2.02. The van der Waals surface area contributed by atoms with Gasteiger partial charge in [0.15, 0.2) is 6.19 Å². The highest BCUT2D eigenvalue weighted by molar-refractivity contribution is 5.90. The highest BCUT2D eigenvalue weighted by Crippen LogP contribution is 2.18. The third-order valence-electron chi connectivity index (χ3n) is 3.77. The lowest BCUT2D eigenvalue weighted by molar-refractivity contribution is 0.0911. The number of aromatic nitrogens is 1. The number of nitriles is 1. The van der Waals surface area contributed by atoms with Crippen LogP contribution in [0, 0.1) is 11.5 Å². The van der Waals surface area contributed by atoms with Gasteiger partial charge >= 0.3 is 5.91 Å². The fourth-order valence-corrected chi connectivity index (χ4v) is 2.59. The Bertz CT molecular complexity index is 690. The van der Waals surface area contributed by atoms with Gasteiger partial charge < -0.3 is 14.6 Å². The molecule has 1 saturated heterocycles. The number of hydrogen-bond acceptors (Lipinski definition) is 5. The maximum Gasteiger partial charge on any atom is 0.307 e. The monoisotopic (exact) mass is 296 g/mol. The third-order valence-corrected chi connectivity index (χ3v) is 3.77. The maximum absolute atomic E-state index is 12.1. The fourth-order valence-electron chi connectivity index (χ4n) is 2.59. The molecule has 1 fully saturated rings. The molecule has 1 aliphatic heterocycles. The molecule has 0 radical (unpaired) electrons. The smallest absolute Gasteiger partial charge is 0.307 e. The number of hydrogen-bond donors (Lipinski definition) is 1. The van der Waals surface area contributed by atoms with Gasteiger partial charge in [-0.1, -0.05) is 30.3 Å². The second-order valence-corrected chi connectivity index (χ2v) is 5.20. The zero-order valence-corrected chi connectivity index (χ0v) is 12.0. The first-order valence-electron chi connectivity index (χ1n) is 7.23. The van der Waals surface area contributed by atoms with Crippen LogP contribution in [0.5, 0.6) is 0 Å². The fraction of sp³-hybridized carbons (Fsp3) is 0.312. The van der Waals surface area contributed by atoms with E-state index in [9.17, 15) is 4.79 Å². The highest BCUT2D eigenvalue weighted by atomic mass is 16.4. The normalized spacial score (nSPS) is 17.2. The summed E-state index contributed by atoms with van der Waals surface area (Å²) in [4.78, 5) is 18.0. The summed E-state index contributed by atoms with van der Waals surface area (Å²) in [5.41, 5.74) is 1.53. The van der Waals surface area contributed by atoms with Crippen LogP contribution in [-0.2, 0) is 0 Å². The molecule has 1 N–H and O–H groups in total. The maximum atomic E-state index is 12.1. The molecule has 0 bridgehead atoms. The second-order valence-electron chi connectivity index (χ2n) is 5.20. The molecule has 1 aromatic carbocycles. The summed E-state index contributed by atoms with van der Waals surface area (Å²) in [6.07, 6.45) is 5.51.